The lowest BCUT2D eigenvalue weighted by molar-refractivity contribution is -0.187. The third kappa shape index (κ3) is 6.12. The fraction of sp³-hybridized carbons (Fsp3) is 1.00. The summed E-state index contributed by atoms with van der Waals surface area (Å²) in [6.45, 7) is -3.85. The fourth-order valence-corrected chi connectivity index (χ4v) is 1.24. The first-order valence-corrected chi connectivity index (χ1v) is 5.02. The van der Waals surface area contributed by atoms with E-state index in [1.807, 2.05) is 0 Å². The van der Waals surface area contributed by atoms with E-state index in [0.29, 0.717) is 0 Å². The van der Waals surface area contributed by atoms with E-state index in [0.717, 1.165) is 0 Å². The van der Waals surface area contributed by atoms with Crippen molar-refractivity contribution in [3.8, 4) is 0 Å². The topological polar surface area (TPSA) is 63.6 Å². The molecule has 0 spiro atoms. The van der Waals surface area contributed by atoms with Gasteiger partial charge >= 0.3 is 12.4 Å². The molecule has 0 aromatic rings. The third-order valence-electron chi connectivity index (χ3n) is 1.26. The SMILES string of the molecule is O=S(=O)(O)C(COCC(F)(F)F)C(F)(F)F. The molecule has 0 rings (SSSR count). The highest BCUT2D eigenvalue weighted by atomic mass is 32.2. The first-order chi connectivity index (χ1) is 6.84. The Labute approximate surface area is 85.9 Å². The van der Waals surface area contributed by atoms with Crippen LogP contribution in [0.3, 0.4) is 0 Å². The number of ether oxygens (including phenoxy) is 1. The predicted molar refractivity (Wildman–Crippen MR) is 38.3 cm³/mol. The molecule has 0 heterocycles. The maximum Gasteiger partial charge on any atom is 0.411 e. The van der Waals surface area contributed by atoms with E-state index < -0.39 is 40.9 Å². The van der Waals surface area contributed by atoms with Gasteiger partial charge in [0.15, 0.2) is 0 Å². The van der Waals surface area contributed by atoms with Gasteiger partial charge in [0.2, 0.25) is 5.25 Å². The van der Waals surface area contributed by atoms with E-state index in [4.69, 9.17) is 4.55 Å². The van der Waals surface area contributed by atoms with Crippen LogP contribution in [0.4, 0.5) is 26.3 Å². The summed E-state index contributed by atoms with van der Waals surface area (Å²) in [4.78, 5) is 0. The van der Waals surface area contributed by atoms with Gasteiger partial charge in [0, 0.05) is 0 Å². The second kappa shape index (κ2) is 4.75. The highest BCUT2D eigenvalue weighted by Gasteiger charge is 2.48. The average molecular weight is 276 g/mol. The molecule has 4 nitrogen and oxygen atoms in total. The molecular formula is C5H6F6O4S. The molecule has 1 unspecified atom stereocenters. The summed E-state index contributed by atoms with van der Waals surface area (Å²) in [5, 5.41) is -3.39. The van der Waals surface area contributed by atoms with Crippen LogP contribution in [-0.2, 0) is 14.9 Å². The summed E-state index contributed by atoms with van der Waals surface area (Å²) in [5.74, 6) is 0. The quantitative estimate of drug-likeness (QED) is 0.622. The van der Waals surface area contributed by atoms with Crippen molar-refractivity contribution in [3.05, 3.63) is 0 Å². The van der Waals surface area contributed by atoms with Crippen molar-refractivity contribution in [2.75, 3.05) is 13.2 Å². The fourth-order valence-electron chi connectivity index (χ4n) is 0.631. The number of hydrogen-bond donors (Lipinski definition) is 1. The van der Waals surface area contributed by atoms with Gasteiger partial charge in [-0.25, -0.2) is 0 Å². The minimum Gasteiger partial charge on any atom is -0.370 e. The van der Waals surface area contributed by atoms with Crippen molar-refractivity contribution in [3.63, 3.8) is 0 Å². The number of alkyl halides is 6. The Morgan fingerprint density at radius 2 is 1.56 bits per heavy atom. The maximum atomic E-state index is 11.9. The van der Waals surface area contributed by atoms with Crippen molar-refractivity contribution in [2.45, 2.75) is 17.6 Å². The Morgan fingerprint density at radius 3 is 1.81 bits per heavy atom. The molecule has 0 amide bonds. The molecule has 98 valence electrons. The zero-order valence-corrected chi connectivity index (χ0v) is 8.16. The molecule has 0 radical (unpaired) electrons. The molecule has 11 heteroatoms. The van der Waals surface area contributed by atoms with E-state index >= 15 is 0 Å². The van der Waals surface area contributed by atoms with Crippen LogP contribution in [0.25, 0.3) is 0 Å². The largest absolute Gasteiger partial charge is 0.411 e. The molecule has 0 aliphatic heterocycles. The Hall–Kier alpha value is -0.550. The Balaban J connectivity index is 4.50. The predicted octanol–water partition coefficient (Wildman–Crippen LogP) is 1.38. The van der Waals surface area contributed by atoms with Crippen LogP contribution in [0, 0.1) is 0 Å². The van der Waals surface area contributed by atoms with Gasteiger partial charge < -0.3 is 4.74 Å². The minimum absolute atomic E-state index is 1.82. The smallest absolute Gasteiger partial charge is 0.370 e. The molecule has 0 aromatic heterocycles. The van der Waals surface area contributed by atoms with Gasteiger partial charge in [-0.05, 0) is 0 Å². The second-order valence-corrected chi connectivity index (χ2v) is 4.27. The van der Waals surface area contributed by atoms with E-state index in [9.17, 15) is 34.8 Å². The van der Waals surface area contributed by atoms with Gasteiger partial charge in [0.1, 0.15) is 6.61 Å². The van der Waals surface area contributed by atoms with Crippen LogP contribution in [0.15, 0.2) is 0 Å². The van der Waals surface area contributed by atoms with E-state index in [-0.39, 0.29) is 0 Å². The van der Waals surface area contributed by atoms with Crippen molar-refractivity contribution in [1.29, 1.82) is 0 Å². The van der Waals surface area contributed by atoms with Crippen molar-refractivity contribution in [2.24, 2.45) is 0 Å². The van der Waals surface area contributed by atoms with Gasteiger partial charge in [-0.2, -0.15) is 34.8 Å². The highest BCUT2D eigenvalue weighted by Crippen LogP contribution is 2.26. The molecule has 0 aliphatic rings. The summed E-state index contributed by atoms with van der Waals surface area (Å²) in [6.07, 6.45) is -10.3. The van der Waals surface area contributed by atoms with Crippen LogP contribution in [0.5, 0.6) is 0 Å². The Bertz CT molecular complexity index is 317. The molecule has 1 atom stereocenters. The van der Waals surface area contributed by atoms with E-state index in [2.05, 4.69) is 4.74 Å². The molecular weight excluding hydrogens is 270 g/mol. The molecule has 0 saturated carbocycles. The zero-order valence-electron chi connectivity index (χ0n) is 7.34. The zero-order chi connectivity index (χ0) is 13.2. The highest BCUT2D eigenvalue weighted by molar-refractivity contribution is 7.86. The average Bonchev–Trinajstić information content (AvgIpc) is 1.90. The molecule has 0 aliphatic carbocycles. The minimum atomic E-state index is -5.56. The number of hydrogen-bond acceptors (Lipinski definition) is 3. The molecule has 0 bridgehead atoms. The lowest BCUT2D eigenvalue weighted by Crippen LogP contribution is -2.41. The number of halogens is 6. The lowest BCUT2D eigenvalue weighted by atomic mass is 10.4. The van der Waals surface area contributed by atoms with Gasteiger partial charge in [0.25, 0.3) is 10.1 Å². The third-order valence-corrected chi connectivity index (χ3v) is 2.38. The molecule has 16 heavy (non-hydrogen) atoms. The Kier molecular flexibility index (Phi) is 4.59. The van der Waals surface area contributed by atoms with Crippen LogP contribution in [-0.4, -0.2) is 43.8 Å². The van der Waals surface area contributed by atoms with Gasteiger partial charge in [-0.3, -0.25) is 4.55 Å². The standard InChI is InChI=1S/C5H6F6O4S/c6-4(7,8)2-15-1-3(5(9,10)11)16(12,13)14/h3H,1-2H2,(H,12,13,14). The van der Waals surface area contributed by atoms with Crippen molar-refractivity contribution >= 4 is 10.1 Å². The van der Waals surface area contributed by atoms with Crippen molar-refractivity contribution in [1.82, 2.24) is 0 Å². The van der Waals surface area contributed by atoms with Gasteiger partial charge in [-0.1, -0.05) is 0 Å². The number of rotatable bonds is 4. The van der Waals surface area contributed by atoms with Crippen LogP contribution in [0.1, 0.15) is 0 Å². The molecule has 0 fully saturated rings. The summed E-state index contributed by atoms with van der Waals surface area (Å²) < 4.78 is 102. The van der Waals surface area contributed by atoms with Gasteiger partial charge in [-0.15, -0.1) is 0 Å². The molecule has 1 N–H and O–H groups in total. The van der Waals surface area contributed by atoms with Crippen molar-refractivity contribution < 1.29 is 44.0 Å². The van der Waals surface area contributed by atoms with Gasteiger partial charge in [0.05, 0.1) is 6.61 Å². The van der Waals surface area contributed by atoms with E-state index in [1.54, 1.807) is 0 Å². The first kappa shape index (κ1) is 15.4. The monoisotopic (exact) mass is 276 g/mol. The summed E-state index contributed by atoms with van der Waals surface area (Å²) in [5.41, 5.74) is 0. The van der Waals surface area contributed by atoms with Crippen LogP contribution < -0.4 is 0 Å². The van der Waals surface area contributed by atoms with Crippen LogP contribution in [0.2, 0.25) is 0 Å². The first-order valence-electron chi connectivity index (χ1n) is 3.51. The van der Waals surface area contributed by atoms with Crippen LogP contribution >= 0.6 is 0 Å². The summed E-state index contributed by atoms with van der Waals surface area (Å²) in [7, 11) is -5.56. The second-order valence-electron chi connectivity index (χ2n) is 2.68. The maximum absolute atomic E-state index is 11.9. The normalized spacial score (nSPS) is 16.2. The lowest BCUT2D eigenvalue weighted by Gasteiger charge is -2.17. The molecule has 0 aromatic carbocycles. The van der Waals surface area contributed by atoms with E-state index in [1.165, 1.54) is 0 Å². The summed E-state index contributed by atoms with van der Waals surface area (Å²) in [6, 6.07) is 0. The summed E-state index contributed by atoms with van der Waals surface area (Å²) >= 11 is 0. The molecule has 0 saturated heterocycles. The Morgan fingerprint density at radius 1 is 1.12 bits per heavy atom.